The second-order valence-corrected chi connectivity index (χ2v) is 8.19. The highest BCUT2D eigenvalue weighted by atomic mass is 32.2. The topological polar surface area (TPSA) is 63.6 Å². The van der Waals surface area contributed by atoms with Crippen molar-refractivity contribution in [2.75, 3.05) is 0 Å². The zero-order valence-electron chi connectivity index (χ0n) is 14.6. The maximum absolute atomic E-state index is 12.4. The van der Waals surface area contributed by atoms with Crippen LogP contribution in [0.5, 0.6) is 0 Å². The second kappa shape index (κ2) is 6.74. The number of fused-ring (bicyclic) bond motifs is 2. The van der Waals surface area contributed by atoms with Crippen LogP contribution in [0.1, 0.15) is 16.3 Å². The molecule has 0 saturated heterocycles. The highest BCUT2D eigenvalue weighted by Crippen LogP contribution is 2.28. The van der Waals surface area contributed by atoms with Crippen LogP contribution < -0.4 is 5.56 Å². The summed E-state index contributed by atoms with van der Waals surface area (Å²) in [5.74, 6) is 1.23. The molecule has 0 saturated carbocycles. The monoisotopic (exact) mass is 382 g/mol. The van der Waals surface area contributed by atoms with Gasteiger partial charge in [-0.3, -0.25) is 4.79 Å². The van der Waals surface area contributed by atoms with Gasteiger partial charge in [0.25, 0.3) is 5.56 Å². The Balaban J connectivity index is 1.68. The SMILES string of the molecule is C=CCn1c(SCc2nc3sc(C)c(C)c3c(=O)[nH]2)nc2ccccc21. The fourth-order valence-electron chi connectivity index (χ4n) is 2.97. The number of hydrogen-bond acceptors (Lipinski definition) is 5. The number of hydrogen-bond donors (Lipinski definition) is 1. The molecule has 0 aliphatic carbocycles. The van der Waals surface area contributed by atoms with Gasteiger partial charge in [0.1, 0.15) is 10.7 Å². The third-order valence-corrected chi connectivity index (χ3v) is 6.45. The second-order valence-electron chi connectivity index (χ2n) is 6.05. The molecule has 0 spiro atoms. The maximum Gasteiger partial charge on any atom is 0.259 e. The van der Waals surface area contributed by atoms with E-state index in [2.05, 4.69) is 27.2 Å². The first kappa shape index (κ1) is 17.1. The molecule has 0 aliphatic rings. The summed E-state index contributed by atoms with van der Waals surface area (Å²) in [6, 6.07) is 8.05. The minimum absolute atomic E-state index is 0.0629. The number of rotatable bonds is 5. The molecule has 3 aromatic heterocycles. The molecule has 4 rings (SSSR count). The number of thiophene rings is 1. The minimum Gasteiger partial charge on any atom is -0.315 e. The molecule has 3 heterocycles. The molecule has 5 nitrogen and oxygen atoms in total. The molecular weight excluding hydrogens is 364 g/mol. The van der Waals surface area contributed by atoms with Gasteiger partial charge in [-0.1, -0.05) is 30.0 Å². The molecule has 1 N–H and O–H groups in total. The van der Waals surface area contributed by atoms with Gasteiger partial charge in [-0.25, -0.2) is 9.97 Å². The standard InChI is InChI=1S/C19H18N4OS2/c1-4-9-23-14-8-6-5-7-13(14)20-19(23)25-10-15-21-17(24)16-11(2)12(3)26-18(16)22-15/h4-8H,1,9-10H2,2-3H3,(H,21,22,24). The molecule has 0 aliphatic heterocycles. The van der Waals surface area contributed by atoms with E-state index in [0.717, 1.165) is 31.5 Å². The summed E-state index contributed by atoms with van der Waals surface area (Å²) in [6.07, 6.45) is 1.86. The van der Waals surface area contributed by atoms with E-state index in [4.69, 9.17) is 4.98 Å². The summed E-state index contributed by atoms with van der Waals surface area (Å²) in [5.41, 5.74) is 2.99. The number of thioether (sulfide) groups is 1. The number of benzene rings is 1. The summed E-state index contributed by atoms with van der Waals surface area (Å²) in [4.78, 5) is 26.6. The molecule has 0 atom stereocenters. The van der Waals surface area contributed by atoms with E-state index in [1.54, 1.807) is 23.1 Å². The molecule has 0 fully saturated rings. The number of imidazole rings is 1. The van der Waals surface area contributed by atoms with Crippen LogP contribution >= 0.6 is 23.1 Å². The van der Waals surface area contributed by atoms with Crippen LogP contribution in [-0.4, -0.2) is 19.5 Å². The van der Waals surface area contributed by atoms with E-state index in [1.165, 1.54) is 0 Å². The van der Waals surface area contributed by atoms with Gasteiger partial charge < -0.3 is 9.55 Å². The first-order valence-electron chi connectivity index (χ1n) is 8.26. The fraction of sp³-hybridized carbons (Fsp3) is 0.211. The molecule has 0 radical (unpaired) electrons. The number of para-hydroxylation sites is 2. The molecule has 7 heteroatoms. The van der Waals surface area contributed by atoms with E-state index >= 15 is 0 Å². The largest absolute Gasteiger partial charge is 0.315 e. The Bertz CT molecular complexity index is 1190. The summed E-state index contributed by atoms with van der Waals surface area (Å²) in [5, 5.41) is 1.60. The van der Waals surface area contributed by atoms with Crippen LogP contribution in [0, 0.1) is 13.8 Å². The average molecular weight is 383 g/mol. The maximum atomic E-state index is 12.4. The molecule has 0 bridgehead atoms. The third kappa shape index (κ3) is 2.87. The van der Waals surface area contributed by atoms with E-state index in [0.29, 0.717) is 23.5 Å². The fourth-order valence-corrected chi connectivity index (χ4v) is 4.91. The lowest BCUT2D eigenvalue weighted by molar-refractivity contribution is 0.748. The Labute approximate surface area is 158 Å². The van der Waals surface area contributed by atoms with Crippen LogP contribution in [0.25, 0.3) is 21.3 Å². The van der Waals surface area contributed by atoms with Gasteiger partial charge in [-0.05, 0) is 31.5 Å². The van der Waals surface area contributed by atoms with Gasteiger partial charge in [-0.15, -0.1) is 17.9 Å². The molecule has 0 unspecified atom stereocenters. The van der Waals surface area contributed by atoms with Crippen molar-refractivity contribution in [3.05, 3.63) is 63.5 Å². The lowest BCUT2D eigenvalue weighted by Crippen LogP contribution is -2.11. The third-order valence-electron chi connectivity index (χ3n) is 4.36. The highest BCUT2D eigenvalue weighted by Gasteiger charge is 2.14. The van der Waals surface area contributed by atoms with Gasteiger partial charge in [0, 0.05) is 11.4 Å². The molecule has 132 valence electrons. The zero-order valence-corrected chi connectivity index (χ0v) is 16.2. The van der Waals surface area contributed by atoms with Crippen molar-refractivity contribution in [1.29, 1.82) is 0 Å². The summed E-state index contributed by atoms with van der Waals surface area (Å²) in [6.45, 7) is 8.52. The first-order chi connectivity index (χ1) is 12.6. The number of aromatic nitrogens is 4. The van der Waals surface area contributed by atoms with E-state index in [-0.39, 0.29) is 5.56 Å². The first-order valence-corrected chi connectivity index (χ1v) is 10.1. The average Bonchev–Trinajstić information content (AvgIpc) is 3.11. The van der Waals surface area contributed by atoms with Crippen LogP contribution in [0.3, 0.4) is 0 Å². The Morgan fingerprint density at radius 2 is 2.12 bits per heavy atom. The molecule has 4 aromatic rings. The molecule has 1 aromatic carbocycles. The van der Waals surface area contributed by atoms with Crippen LogP contribution in [0.2, 0.25) is 0 Å². The van der Waals surface area contributed by atoms with E-state index in [9.17, 15) is 4.79 Å². The van der Waals surface area contributed by atoms with Crippen molar-refractivity contribution in [1.82, 2.24) is 19.5 Å². The van der Waals surface area contributed by atoms with E-state index in [1.807, 2.05) is 38.1 Å². The van der Waals surface area contributed by atoms with Crippen molar-refractivity contribution in [2.45, 2.75) is 31.3 Å². The van der Waals surface area contributed by atoms with Gasteiger partial charge in [-0.2, -0.15) is 0 Å². The highest BCUT2D eigenvalue weighted by molar-refractivity contribution is 7.98. The normalized spacial score (nSPS) is 11.5. The lowest BCUT2D eigenvalue weighted by Gasteiger charge is -2.06. The molecular formula is C19H18N4OS2. The smallest absolute Gasteiger partial charge is 0.259 e. The van der Waals surface area contributed by atoms with Gasteiger partial charge >= 0.3 is 0 Å². The molecule has 0 amide bonds. The Morgan fingerprint density at radius 3 is 2.92 bits per heavy atom. The lowest BCUT2D eigenvalue weighted by atomic mass is 10.2. The van der Waals surface area contributed by atoms with Crippen molar-refractivity contribution >= 4 is 44.3 Å². The Kier molecular flexibility index (Phi) is 4.42. The number of aromatic amines is 1. The van der Waals surface area contributed by atoms with Crippen molar-refractivity contribution in [3.8, 4) is 0 Å². The number of allylic oxidation sites excluding steroid dienone is 1. The summed E-state index contributed by atoms with van der Waals surface area (Å²) < 4.78 is 2.13. The Morgan fingerprint density at radius 1 is 1.31 bits per heavy atom. The predicted molar refractivity (Wildman–Crippen MR) is 109 cm³/mol. The van der Waals surface area contributed by atoms with Crippen molar-refractivity contribution < 1.29 is 0 Å². The molecule has 26 heavy (non-hydrogen) atoms. The van der Waals surface area contributed by atoms with E-state index < -0.39 is 0 Å². The van der Waals surface area contributed by atoms with Crippen LogP contribution in [0.4, 0.5) is 0 Å². The number of nitrogens with one attached hydrogen (secondary N) is 1. The quantitative estimate of drug-likeness (QED) is 0.410. The zero-order chi connectivity index (χ0) is 18.3. The minimum atomic E-state index is -0.0629. The van der Waals surface area contributed by atoms with Crippen molar-refractivity contribution in [2.24, 2.45) is 0 Å². The van der Waals surface area contributed by atoms with Crippen LogP contribution in [0.15, 0.2) is 46.9 Å². The Hall–Kier alpha value is -2.38. The number of nitrogens with zero attached hydrogens (tertiary/aromatic N) is 3. The number of H-pyrrole nitrogens is 1. The van der Waals surface area contributed by atoms with Gasteiger partial charge in [0.2, 0.25) is 0 Å². The van der Waals surface area contributed by atoms with Crippen LogP contribution in [-0.2, 0) is 12.3 Å². The van der Waals surface area contributed by atoms with Gasteiger partial charge in [0.05, 0.1) is 22.2 Å². The van der Waals surface area contributed by atoms with Crippen molar-refractivity contribution in [3.63, 3.8) is 0 Å². The van der Waals surface area contributed by atoms with Gasteiger partial charge in [0.15, 0.2) is 5.16 Å². The summed E-state index contributed by atoms with van der Waals surface area (Å²) in [7, 11) is 0. The summed E-state index contributed by atoms with van der Waals surface area (Å²) >= 11 is 3.14. The predicted octanol–water partition coefficient (Wildman–Crippen LogP) is 4.43. The number of aryl methyl sites for hydroxylation is 2.